The van der Waals surface area contributed by atoms with Crippen LogP contribution in [-0.2, 0) is 4.74 Å². The summed E-state index contributed by atoms with van der Waals surface area (Å²) < 4.78 is 4.23. The molecule has 2 amide bonds. The summed E-state index contributed by atoms with van der Waals surface area (Å²) in [5.41, 5.74) is 0. The van der Waals surface area contributed by atoms with Crippen LogP contribution < -0.4 is 5.32 Å². The molecule has 0 spiro atoms. The van der Waals surface area contributed by atoms with Crippen LogP contribution >= 0.6 is 11.8 Å². The molecular weight excluding hydrogens is 184 g/mol. The van der Waals surface area contributed by atoms with Gasteiger partial charge in [-0.2, -0.15) is 4.99 Å². The Balaban J connectivity index is 4.17. The Morgan fingerprint density at radius 2 is 2.17 bits per heavy atom. The monoisotopic (exact) mass is 192 g/mol. The van der Waals surface area contributed by atoms with Gasteiger partial charge in [-0.25, -0.2) is 9.59 Å². The molecule has 0 saturated carbocycles. The fraction of sp³-hybridized carbons (Fsp3) is 0.400. The van der Waals surface area contributed by atoms with Gasteiger partial charge >= 0.3 is 12.2 Å². The SMILES string of the molecule is COC(=O)N/C(=N\C(=O)O)SC. The van der Waals surface area contributed by atoms with Gasteiger partial charge in [0.15, 0.2) is 5.17 Å². The van der Waals surface area contributed by atoms with E-state index in [0.717, 1.165) is 11.8 Å². The Labute approximate surface area is 73.0 Å². The second-order valence-electron chi connectivity index (χ2n) is 1.52. The summed E-state index contributed by atoms with van der Waals surface area (Å²) in [4.78, 5) is 23.7. The number of carboxylic acid groups (broad SMARTS) is 1. The van der Waals surface area contributed by atoms with E-state index in [4.69, 9.17) is 5.11 Å². The van der Waals surface area contributed by atoms with E-state index in [9.17, 15) is 9.59 Å². The normalized spacial score (nSPS) is 10.7. The van der Waals surface area contributed by atoms with E-state index in [1.54, 1.807) is 6.26 Å². The number of hydrogen-bond donors (Lipinski definition) is 2. The molecule has 0 radical (unpaired) electrons. The van der Waals surface area contributed by atoms with E-state index in [-0.39, 0.29) is 5.17 Å². The lowest BCUT2D eigenvalue weighted by Crippen LogP contribution is -2.28. The topological polar surface area (TPSA) is 88.0 Å². The molecule has 0 atom stereocenters. The highest BCUT2D eigenvalue weighted by Crippen LogP contribution is 1.95. The van der Waals surface area contributed by atoms with Gasteiger partial charge in [0.05, 0.1) is 7.11 Å². The van der Waals surface area contributed by atoms with Crippen molar-refractivity contribution in [3.05, 3.63) is 0 Å². The molecule has 0 aliphatic rings. The molecule has 0 aromatic carbocycles. The second kappa shape index (κ2) is 5.42. The number of carbonyl (C=O) groups excluding carboxylic acids is 1. The number of aliphatic imine (C=N–C) groups is 1. The summed E-state index contributed by atoms with van der Waals surface area (Å²) >= 11 is 0.999. The lowest BCUT2D eigenvalue weighted by atomic mass is 11.0. The van der Waals surface area contributed by atoms with Gasteiger partial charge in [-0.3, -0.25) is 5.32 Å². The highest BCUT2D eigenvalue weighted by Gasteiger charge is 2.05. The first-order valence-electron chi connectivity index (χ1n) is 2.80. The maximum absolute atomic E-state index is 10.5. The minimum Gasteiger partial charge on any atom is -0.463 e. The maximum atomic E-state index is 10.5. The van der Waals surface area contributed by atoms with Gasteiger partial charge in [0.2, 0.25) is 0 Å². The summed E-state index contributed by atoms with van der Waals surface area (Å²) in [5, 5.41) is 10.3. The fourth-order valence-corrected chi connectivity index (χ4v) is 0.705. The first kappa shape index (κ1) is 10.8. The zero-order valence-corrected chi connectivity index (χ0v) is 7.34. The summed E-state index contributed by atoms with van der Waals surface area (Å²) in [5.74, 6) is 0. The van der Waals surface area contributed by atoms with Crippen LogP contribution in [0.5, 0.6) is 0 Å². The fourth-order valence-electron chi connectivity index (χ4n) is 0.350. The molecule has 2 N–H and O–H groups in total. The molecule has 0 fully saturated rings. The molecule has 0 saturated heterocycles. The van der Waals surface area contributed by atoms with E-state index in [0.29, 0.717) is 0 Å². The smallest absolute Gasteiger partial charge is 0.433 e. The molecule has 68 valence electrons. The van der Waals surface area contributed by atoms with Gasteiger partial charge in [-0.15, -0.1) is 0 Å². The molecule has 12 heavy (non-hydrogen) atoms. The number of amidine groups is 1. The number of methoxy groups -OCH3 is 1. The highest BCUT2D eigenvalue weighted by molar-refractivity contribution is 8.13. The number of rotatable bonds is 0. The molecule has 7 heteroatoms. The number of ether oxygens (including phenoxy) is 1. The van der Waals surface area contributed by atoms with Crippen LogP contribution in [0, 0.1) is 0 Å². The molecular formula is C5H8N2O4S. The molecule has 0 unspecified atom stereocenters. The van der Waals surface area contributed by atoms with Crippen molar-refractivity contribution in [2.45, 2.75) is 0 Å². The average molecular weight is 192 g/mol. The van der Waals surface area contributed by atoms with Crippen LogP contribution in [0.25, 0.3) is 0 Å². The lowest BCUT2D eigenvalue weighted by Gasteiger charge is -2.01. The van der Waals surface area contributed by atoms with Crippen molar-refractivity contribution in [2.75, 3.05) is 13.4 Å². The van der Waals surface area contributed by atoms with E-state index >= 15 is 0 Å². The Morgan fingerprint density at radius 1 is 1.58 bits per heavy atom. The van der Waals surface area contributed by atoms with E-state index in [1.165, 1.54) is 7.11 Å². The molecule has 0 aromatic rings. The predicted molar refractivity (Wildman–Crippen MR) is 44.5 cm³/mol. The number of thioether (sulfide) groups is 1. The van der Waals surface area contributed by atoms with Crippen LogP contribution in [0.1, 0.15) is 0 Å². The Hall–Kier alpha value is -1.24. The van der Waals surface area contributed by atoms with Crippen molar-refractivity contribution >= 4 is 29.1 Å². The first-order chi connectivity index (χ1) is 5.60. The van der Waals surface area contributed by atoms with Crippen molar-refractivity contribution in [2.24, 2.45) is 4.99 Å². The molecule has 6 nitrogen and oxygen atoms in total. The Bertz CT molecular complexity index is 215. The third-order valence-electron chi connectivity index (χ3n) is 0.785. The first-order valence-corrected chi connectivity index (χ1v) is 4.03. The average Bonchev–Trinajstić information content (AvgIpc) is 2.02. The van der Waals surface area contributed by atoms with Gasteiger partial charge in [0.1, 0.15) is 0 Å². The predicted octanol–water partition coefficient (Wildman–Crippen LogP) is 0.739. The van der Waals surface area contributed by atoms with Crippen molar-refractivity contribution < 1.29 is 19.4 Å². The van der Waals surface area contributed by atoms with Crippen LogP contribution in [-0.4, -0.2) is 35.8 Å². The number of amides is 2. The molecule has 0 bridgehead atoms. The molecule has 0 aliphatic heterocycles. The standard InChI is InChI=1S/C5H8N2O4S/c1-11-5(10)7-3(12-2)6-4(8)9/h1-2H3,(H,8,9)(H,6,7,10). The van der Waals surface area contributed by atoms with E-state index in [2.05, 4.69) is 15.0 Å². The van der Waals surface area contributed by atoms with Crippen molar-refractivity contribution in [1.82, 2.24) is 5.32 Å². The third kappa shape index (κ3) is 4.56. The van der Waals surface area contributed by atoms with Crippen LogP contribution in [0.15, 0.2) is 4.99 Å². The van der Waals surface area contributed by atoms with Gasteiger partial charge in [0.25, 0.3) is 0 Å². The van der Waals surface area contributed by atoms with Crippen molar-refractivity contribution in [3.8, 4) is 0 Å². The van der Waals surface area contributed by atoms with Crippen molar-refractivity contribution in [1.29, 1.82) is 0 Å². The number of carbonyl (C=O) groups is 2. The number of nitrogens with one attached hydrogen (secondary N) is 1. The zero-order chi connectivity index (χ0) is 9.56. The maximum Gasteiger partial charge on any atom is 0.433 e. The Morgan fingerprint density at radius 3 is 2.50 bits per heavy atom. The highest BCUT2D eigenvalue weighted by atomic mass is 32.2. The van der Waals surface area contributed by atoms with E-state index in [1.807, 2.05) is 0 Å². The van der Waals surface area contributed by atoms with Crippen molar-refractivity contribution in [3.63, 3.8) is 0 Å². The number of nitrogens with zero attached hydrogens (tertiary/aromatic N) is 1. The molecule has 0 rings (SSSR count). The quantitative estimate of drug-likeness (QED) is 0.436. The summed E-state index contributed by atoms with van der Waals surface area (Å²) in [6.45, 7) is 0. The second-order valence-corrected chi connectivity index (χ2v) is 2.32. The number of hydrogen-bond acceptors (Lipinski definition) is 4. The summed E-state index contributed by atoms with van der Waals surface area (Å²) in [7, 11) is 1.17. The molecule has 0 aromatic heterocycles. The minimum atomic E-state index is -1.37. The van der Waals surface area contributed by atoms with Crippen LogP contribution in [0.2, 0.25) is 0 Å². The molecule has 0 aliphatic carbocycles. The third-order valence-corrected chi connectivity index (χ3v) is 1.36. The van der Waals surface area contributed by atoms with Crippen LogP contribution in [0.4, 0.5) is 9.59 Å². The zero-order valence-electron chi connectivity index (χ0n) is 6.53. The summed E-state index contributed by atoms with van der Waals surface area (Å²) in [6, 6.07) is 0. The van der Waals surface area contributed by atoms with Gasteiger partial charge in [-0.05, 0) is 6.26 Å². The number of alkyl carbamates (subject to hydrolysis) is 1. The largest absolute Gasteiger partial charge is 0.463 e. The lowest BCUT2D eigenvalue weighted by molar-refractivity contribution is 0.177. The van der Waals surface area contributed by atoms with E-state index < -0.39 is 12.2 Å². The Kier molecular flexibility index (Phi) is 4.86. The van der Waals surface area contributed by atoms with Crippen LogP contribution in [0.3, 0.4) is 0 Å². The summed E-state index contributed by atoms with van der Waals surface area (Å²) in [6.07, 6.45) is -0.530. The van der Waals surface area contributed by atoms with Gasteiger partial charge < -0.3 is 9.84 Å². The molecule has 0 heterocycles. The van der Waals surface area contributed by atoms with Gasteiger partial charge in [-0.1, -0.05) is 11.8 Å². The minimum absolute atomic E-state index is 0.0191. The van der Waals surface area contributed by atoms with Gasteiger partial charge in [0, 0.05) is 0 Å².